The second kappa shape index (κ2) is 8.22. The molecule has 3 atom stereocenters. The fourth-order valence-electron chi connectivity index (χ4n) is 3.48. The zero-order chi connectivity index (χ0) is 19.4. The number of para-hydroxylation sites is 2. The molecular formula is C21H23NO5. The van der Waals surface area contributed by atoms with Gasteiger partial charge in [-0.1, -0.05) is 36.4 Å². The molecule has 3 unspecified atom stereocenters. The molecule has 1 aliphatic rings. The highest BCUT2D eigenvalue weighted by Gasteiger charge is 2.43. The van der Waals surface area contributed by atoms with Gasteiger partial charge in [0.05, 0.1) is 27.4 Å². The molecule has 1 fully saturated rings. The Morgan fingerprint density at radius 2 is 1.52 bits per heavy atom. The van der Waals surface area contributed by atoms with Crippen molar-refractivity contribution in [1.29, 1.82) is 5.41 Å². The number of ether oxygens (including phenoxy) is 4. The van der Waals surface area contributed by atoms with Crippen molar-refractivity contribution in [2.75, 3.05) is 21.3 Å². The quantitative estimate of drug-likeness (QED) is 0.813. The highest BCUT2D eigenvalue weighted by Crippen LogP contribution is 2.45. The number of hydrogen-bond donors (Lipinski definition) is 1. The standard InChI is InChI=1S/C21H23NO5/c1-24-16-10-6-4-8-13(16)18-12-15(22)19(21(23)26-3)20(27-18)14-9-5-7-11-17(14)25-2/h4-11,18-20,22H,12H2,1-3H3. The molecule has 0 amide bonds. The third-order valence-electron chi connectivity index (χ3n) is 4.78. The van der Waals surface area contributed by atoms with Gasteiger partial charge in [-0.05, 0) is 12.1 Å². The molecule has 6 heteroatoms. The van der Waals surface area contributed by atoms with E-state index in [1.54, 1.807) is 14.2 Å². The van der Waals surface area contributed by atoms with Crippen molar-refractivity contribution in [3.05, 3.63) is 59.7 Å². The second-order valence-electron chi connectivity index (χ2n) is 6.26. The van der Waals surface area contributed by atoms with Gasteiger partial charge in [-0.15, -0.1) is 0 Å². The average Bonchev–Trinajstić information content (AvgIpc) is 2.72. The molecule has 1 aliphatic heterocycles. The number of carbonyl (C=O) groups is 1. The SMILES string of the molecule is COC(=O)C1C(=N)CC(c2ccccc2OC)OC1c1ccccc1OC. The van der Waals surface area contributed by atoms with E-state index in [9.17, 15) is 4.79 Å². The van der Waals surface area contributed by atoms with Crippen LogP contribution in [0.4, 0.5) is 0 Å². The van der Waals surface area contributed by atoms with Crippen LogP contribution in [0.25, 0.3) is 0 Å². The first-order valence-electron chi connectivity index (χ1n) is 8.67. The summed E-state index contributed by atoms with van der Waals surface area (Å²) >= 11 is 0. The fourth-order valence-corrected chi connectivity index (χ4v) is 3.48. The first kappa shape index (κ1) is 18.9. The Labute approximate surface area is 158 Å². The minimum Gasteiger partial charge on any atom is -0.496 e. The maximum atomic E-state index is 12.4. The second-order valence-corrected chi connectivity index (χ2v) is 6.26. The van der Waals surface area contributed by atoms with Crippen LogP contribution in [0.1, 0.15) is 29.8 Å². The zero-order valence-corrected chi connectivity index (χ0v) is 15.6. The molecular weight excluding hydrogens is 346 g/mol. The summed E-state index contributed by atoms with van der Waals surface area (Å²) < 4.78 is 22.2. The van der Waals surface area contributed by atoms with Crippen molar-refractivity contribution in [3.63, 3.8) is 0 Å². The predicted octanol–water partition coefficient (Wildman–Crippen LogP) is 3.72. The Balaban J connectivity index is 2.05. The molecule has 0 saturated carbocycles. The predicted molar refractivity (Wildman–Crippen MR) is 100 cm³/mol. The van der Waals surface area contributed by atoms with Crippen molar-refractivity contribution in [2.45, 2.75) is 18.6 Å². The number of benzene rings is 2. The number of rotatable bonds is 5. The van der Waals surface area contributed by atoms with Crippen molar-refractivity contribution in [3.8, 4) is 11.5 Å². The summed E-state index contributed by atoms with van der Waals surface area (Å²) in [7, 11) is 4.49. The summed E-state index contributed by atoms with van der Waals surface area (Å²) in [5.41, 5.74) is 1.81. The summed E-state index contributed by atoms with van der Waals surface area (Å²) in [6, 6.07) is 14.9. The number of nitrogens with one attached hydrogen (secondary N) is 1. The molecule has 0 radical (unpaired) electrons. The normalized spacial score (nSPS) is 22.2. The highest BCUT2D eigenvalue weighted by molar-refractivity contribution is 6.02. The first-order chi connectivity index (χ1) is 13.1. The van der Waals surface area contributed by atoms with Crippen molar-refractivity contribution in [1.82, 2.24) is 0 Å². The molecule has 6 nitrogen and oxygen atoms in total. The lowest BCUT2D eigenvalue weighted by Gasteiger charge is -2.37. The van der Waals surface area contributed by atoms with Gasteiger partial charge in [0, 0.05) is 23.3 Å². The monoisotopic (exact) mass is 369 g/mol. The molecule has 0 spiro atoms. The van der Waals surface area contributed by atoms with Gasteiger partial charge >= 0.3 is 5.97 Å². The van der Waals surface area contributed by atoms with Gasteiger partial charge in [-0.2, -0.15) is 0 Å². The van der Waals surface area contributed by atoms with Crippen molar-refractivity contribution in [2.24, 2.45) is 5.92 Å². The molecule has 0 bridgehead atoms. The van der Waals surface area contributed by atoms with Crippen LogP contribution in [-0.4, -0.2) is 33.0 Å². The van der Waals surface area contributed by atoms with E-state index in [1.165, 1.54) is 7.11 Å². The Kier molecular flexibility index (Phi) is 5.76. The topological polar surface area (TPSA) is 77.8 Å². The third kappa shape index (κ3) is 3.66. The molecule has 3 rings (SSSR count). The first-order valence-corrected chi connectivity index (χ1v) is 8.67. The van der Waals surface area contributed by atoms with Crippen LogP contribution >= 0.6 is 0 Å². The minimum absolute atomic E-state index is 0.264. The molecule has 0 aromatic heterocycles. The summed E-state index contributed by atoms with van der Waals surface area (Å²) in [5.74, 6) is -0.0258. The Morgan fingerprint density at radius 1 is 0.963 bits per heavy atom. The zero-order valence-electron chi connectivity index (χ0n) is 15.6. The summed E-state index contributed by atoms with van der Waals surface area (Å²) in [4.78, 5) is 12.4. The number of hydrogen-bond acceptors (Lipinski definition) is 6. The van der Waals surface area contributed by atoms with E-state index in [-0.39, 0.29) is 12.1 Å². The van der Waals surface area contributed by atoms with Gasteiger partial charge in [-0.3, -0.25) is 4.79 Å². The lowest BCUT2D eigenvalue weighted by atomic mass is 9.84. The van der Waals surface area contributed by atoms with Crippen LogP contribution in [0, 0.1) is 11.3 Å². The van der Waals surface area contributed by atoms with Gasteiger partial charge in [0.15, 0.2) is 0 Å². The van der Waals surface area contributed by atoms with Gasteiger partial charge in [-0.25, -0.2) is 0 Å². The van der Waals surface area contributed by atoms with Crippen LogP contribution in [0.2, 0.25) is 0 Å². The molecule has 2 aromatic carbocycles. The van der Waals surface area contributed by atoms with Crippen LogP contribution in [0.3, 0.4) is 0 Å². The van der Waals surface area contributed by atoms with E-state index in [2.05, 4.69) is 0 Å². The van der Waals surface area contributed by atoms with Gasteiger partial charge in [0.2, 0.25) is 0 Å². The fraction of sp³-hybridized carbons (Fsp3) is 0.333. The largest absolute Gasteiger partial charge is 0.496 e. The van der Waals surface area contributed by atoms with Crippen molar-refractivity contribution >= 4 is 11.7 Å². The molecule has 1 saturated heterocycles. The van der Waals surface area contributed by atoms with E-state index in [0.717, 1.165) is 5.56 Å². The molecule has 1 heterocycles. The highest BCUT2D eigenvalue weighted by atomic mass is 16.5. The molecule has 1 N–H and O–H groups in total. The van der Waals surface area contributed by atoms with Gasteiger partial charge < -0.3 is 24.4 Å². The summed E-state index contributed by atoms with van der Waals surface area (Å²) in [6.07, 6.45) is -0.819. The lowest BCUT2D eigenvalue weighted by molar-refractivity contribution is -0.152. The smallest absolute Gasteiger partial charge is 0.317 e. The summed E-state index contributed by atoms with van der Waals surface area (Å²) in [6.45, 7) is 0. The van der Waals surface area contributed by atoms with E-state index in [4.69, 9.17) is 24.4 Å². The lowest BCUT2D eigenvalue weighted by Crippen LogP contribution is -2.38. The maximum Gasteiger partial charge on any atom is 0.317 e. The minimum atomic E-state index is -0.822. The molecule has 27 heavy (non-hydrogen) atoms. The third-order valence-corrected chi connectivity index (χ3v) is 4.78. The number of esters is 1. The summed E-state index contributed by atoms with van der Waals surface area (Å²) in [5, 5.41) is 8.53. The Morgan fingerprint density at radius 3 is 2.11 bits per heavy atom. The van der Waals surface area contributed by atoms with E-state index in [0.29, 0.717) is 17.1 Å². The Bertz CT molecular complexity index is 835. The number of methoxy groups -OCH3 is 3. The van der Waals surface area contributed by atoms with Crippen LogP contribution < -0.4 is 9.47 Å². The van der Waals surface area contributed by atoms with E-state index in [1.807, 2.05) is 48.5 Å². The van der Waals surface area contributed by atoms with E-state index < -0.39 is 24.1 Å². The van der Waals surface area contributed by atoms with Crippen LogP contribution in [-0.2, 0) is 14.3 Å². The number of carbonyl (C=O) groups excluding carboxylic acids is 1. The Hall–Kier alpha value is -2.86. The van der Waals surface area contributed by atoms with Crippen LogP contribution in [0.15, 0.2) is 48.5 Å². The van der Waals surface area contributed by atoms with Crippen LogP contribution in [0.5, 0.6) is 11.5 Å². The molecule has 2 aromatic rings. The average molecular weight is 369 g/mol. The van der Waals surface area contributed by atoms with Gasteiger partial charge in [0.25, 0.3) is 0 Å². The van der Waals surface area contributed by atoms with Crippen molar-refractivity contribution < 1.29 is 23.7 Å². The molecule has 142 valence electrons. The van der Waals surface area contributed by atoms with Gasteiger partial charge in [0.1, 0.15) is 23.5 Å². The maximum absolute atomic E-state index is 12.4. The van der Waals surface area contributed by atoms with E-state index >= 15 is 0 Å². The molecule has 0 aliphatic carbocycles.